The van der Waals surface area contributed by atoms with E-state index >= 15 is 0 Å². The Balaban J connectivity index is 2.35. The molecule has 5 nitrogen and oxygen atoms in total. The van der Waals surface area contributed by atoms with E-state index in [-0.39, 0.29) is 0 Å². The first-order valence-electron chi connectivity index (χ1n) is 5.33. The normalized spacial score (nSPS) is 12.1. The number of nitrogens with one attached hydrogen (secondary N) is 2. The molecule has 1 aromatic rings. The number of anilines is 2. The molecule has 0 aliphatic rings. The van der Waals surface area contributed by atoms with Crippen molar-refractivity contribution in [3.63, 3.8) is 0 Å². The summed E-state index contributed by atoms with van der Waals surface area (Å²) in [5.74, 6) is 2.15. The van der Waals surface area contributed by atoms with Crippen LogP contribution in [0.3, 0.4) is 0 Å². The van der Waals surface area contributed by atoms with Gasteiger partial charge in [0.1, 0.15) is 5.82 Å². The van der Waals surface area contributed by atoms with Gasteiger partial charge in [0, 0.05) is 42.1 Å². The molecule has 0 aromatic carbocycles. The van der Waals surface area contributed by atoms with E-state index in [4.69, 9.17) is 0 Å². The van der Waals surface area contributed by atoms with Crippen LogP contribution in [0.2, 0.25) is 0 Å². The van der Waals surface area contributed by atoms with Crippen molar-refractivity contribution in [1.82, 2.24) is 9.97 Å². The fraction of sp³-hybridized carbons (Fsp3) is 0.600. The molecule has 16 heavy (non-hydrogen) atoms. The van der Waals surface area contributed by atoms with E-state index in [2.05, 4.69) is 20.6 Å². The Morgan fingerprint density at radius 1 is 1.44 bits per heavy atom. The number of aromatic nitrogens is 2. The second kappa shape index (κ2) is 7.16. The van der Waals surface area contributed by atoms with Gasteiger partial charge >= 0.3 is 0 Å². The number of rotatable bonds is 7. The summed E-state index contributed by atoms with van der Waals surface area (Å²) in [5.41, 5.74) is 0. The third-order valence-electron chi connectivity index (χ3n) is 1.91. The molecule has 0 saturated carbocycles. The molecule has 1 heterocycles. The van der Waals surface area contributed by atoms with Gasteiger partial charge in [-0.25, -0.2) is 4.98 Å². The highest BCUT2D eigenvalue weighted by Gasteiger charge is 1.97. The van der Waals surface area contributed by atoms with Crippen molar-refractivity contribution < 1.29 is 4.21 Å². The van der Waals surface area contributed by atoms with Crippen molar-refractivity contribution in [3.8, 4) is 0 Å². The number of nitrogens with zero attached hydrogens (tertiary/aromatic N) is 2. The van der Waals surface area contributed by atoms with Gasteiger partial charge in [0.15, 0.2) is 0 Å². The second-order valence-electron chi connectivity index (χ2n) is 3.35. The molecule has 1 unspecified atom stereocenters. The SMILES string of the molecule is CCNc1nccc(NCCCS(C)=O)n1. The molecular formula is C10H18N4OS. The van der Waals surface area contributed by atoms with Gasteiger partial charge in [-0.15, -0.1) is 0 Å². The maximum Gasteiger partial charge on any atom is 0.224 e. The molecule has 0 saturated heterocycles. The molecule has 6 heteroatoms. The van der Waals surface area contributed by atoms with E-state index in [0.717, 1.165) is 31.1 Å². The first-order valence-corrected chi connectivity index (χ1v) is 7.06. The van der Waals surface area contributed by atoms with E-state index in [1.165, 1.54) is 0 Å². The molecule has 1 rings (SSSR count). The molecule has 0 fully saturated rings. The largest absolute Gasteiger partial charge is 0.370 e. The van der Waals surface area contributed by atoms with Crippen molar-refractivity contribution in [1.29, 1.82) is 0 Å². The van der Waals surface area contributed by atoms with E-state index in [1.807, 2.05) is 13.0 Å². The van der Waals surface area contributed by atoms with Crippen LogP contribution < -0.4 is 10.6 Å². The highest BCUT2D eigenvalue weighted by molar-refractivity contribution is 7.84. The Hall–Kier alpha value is -1.17. The summed E-state index contributed by atoms with van der Waals surface area (Å²) < 4.78 is 10.8. The quantitative estimate of drug-likeness (QED) is 0.701. The molecule has 90 valence electrons. The summed E-state index contributed by atoms with van der Waals surface area (Å²) in [4.78, 5) is 8.34. The number of hydrogen-bond donors (Lipinski definition) is 2. The standard InChI is InChI=1S/C10H18N4OS/c1-3-11-10-13-7-5-9(14-10)12-6-4-8-16(2)15/h5,7H,3-4,6,8H2,1-2H3,(H2,11,12,13,14). The summed E-state index contributed by atoms with van der Waals surface area (Å²) in [6.45, 7) is 3.58. The van der Waals surface area contributed by atoms with Crippen molar-refractivity contribution >= 4 is 22.6 Å². The van der Waals surface area contributed by atoms with Gasteiger partial charge in [-0.1, -0.05) is 0 Å². The molecule has 0 bridgehead atoms. The Bertz CT molecular complexity index is 345. The first kappa shape index (κ1) is 12.9. The lowest BCUT2D eigenvalue weighted by Gasteiger charge is -2.06. The van der Waals surface area contributed by atoms with Gasteiger partial charge < -0.3 is 10.6 Å². The van der Waals surface area contributed by atoms with E-state index < -0.39 is 10.8 Å². The second-order valence-corrected chi connectivity index (χ2v) is 4.91. The third kappa shape index (κ3) is 5.06. The minimum atomic E-state index is -0.716. The van der Waals surface area contributed by atoms with Crippen LogP contribution in [0.15, 0.2) is 12.3 Å². The number of hydrogen-bond acceptors (Lipinski definition) is 5. The van der Waals surface area contributed by atoms with Crippen molar-refractivity contribution in [2.45, 2.75) is 13.3 Å². The Labute approximate surface area is 98.5 Å². The highest BCUT2D eigenvalue weighted by Crippen LogP contribution is 2.05. The van der Waals surface area contributed by atoms with E-state index in [9.17, 15) is 4.21 Å². The van der Waals surface area contributed by atoms with Gasteiger partial charge in [-0.05, 0) is 19.4 Å². The molecule has 0 spiro atoms. The van der Waals surface area contributed by atoms with Gasteiger partial charge in [0.2, 0.25) is 5.95 Å². The fourth-order valence-electron chi connectivity index (χ4n) is 1.19. The van der Waals surface area contributed by atoms with Crippen LogP contribution >= 0.6 is 0 Å². The Morgan fingerprint density at radius 2 is 2.25 bits per heavy atom. The summed E-state index contributed by atoms with van der Waals surface area (Å²) in [6.07, 6.45) is 4.31. The first-order chi connectivity index (χ1) is 7.72. The minimum absolute atomic E-state index is 0.631. The smallest absolute Gasteiger partial charge is 0.224 e. The molecule has 0 amide bonds. The zero-order valence-electron chi connectivity index (χ0n) is 9.69. The van der Waals surface area contributed by atoms with Gasteiger partial charge in [0.25, 0.3) is 0 Å². The van der Waals surface area contributed by atoms with Crippen LogP contribution in [0.25, 0.3) is 0 Å². The van der Waals surface area contributed by atoms with E-state index in [1.54, 1.807) is 12.5 Å². The Morgan fingerprint density at radius 3 is 2.94 bits per heavy atom. The zero-order valence-corrected chi connectivity index (χ0v) is 10.5. The maximum atomic E-state index is 10.8. The van der Waals surface area contributed by atoms with Crippen molar-refractivity contribution in [2.24, 2.45) is 0 Å². The molecule has 2 N–H and O–H groups in total. The van der Waals surface area contributed by atoms with Gasteiger partial charge in [0.05, 0.1) is 0 Å². The predicted molar refractivity (Wildman–Crippen MR) is 68.2 cm³/mol. The average Bonchev–Trinajstić information content (AvgIpc) is 2.25. The minimum Gasteiger partial charge on any atom is -0.370 e. The molecule has 0 aliphatic carbocycles. The zero-order chi connectivity index (χ0) is 11.8. The van der Waals surface area contributed by atoms with Crippen LogP contribution in [0.1, 0.15) is 13.3 Å². The lowest BCUT2D eigenvalue weighted by Crippen LogP contribution is -2.09. The average molecular weight is 242 g/mol. The summed E-state index contributed by atoms with van der Waals surface area (Å²) in [5, 5.41) is 6.22. The molecule has 0 radical (unpaired) electrons. The van der Waals surface area contributed by atoms with Gasteiger partial charge in [-0.2, -0.15) is 4.98 Å². The van der Waals surface area contributed by atoms with Gasteiger partial charge in [-0.3, -0.25) is 4.21 Å². The Kier molecular flexibility index (Phi) is 5.77. The fourth-order valence-corrected chi connectivity index (χ4v) is 1.74. The lowest BCUT2D eigenvalue weighted by atomic mass is 10.4. The highest BCUT2D eigenvalue weighted by atomic mass is 32.2. The molecule has 0 aliphatic heterocycles. The monoisotopic (exact) mass is 242 g/mol. The van der Waals surface area contributed by atoms with Crippen molar-refractivity contribution in [2.75, 3.05) is 35.7 Å². The van der Waals surface area contributed by atoms with Crippen LogP contribution in [0.4, 0.5) is 11.8 Å². The van der Waals surface area contributed by atoms with Crippen LogP contribution in [0.5, 0.6) is 0 Å². The predicted octanol–water partition coefficient (Wildman–Crippen LogP) is 1.09. The third-order valence-corrected chi connectivity index (χ3v) is 2.77. The lowest BCUT2D eigenvalue weighted by molar-refractivity contribution is 0.685. The summed E-state index contributed by atoms with van der Waals surface area (Å²) in [6, 6.07) is 1.82. The van der Waals surface area contributed by atoms with Crippen LogP contribution in [-0.2, 0) is 10.8 Å². The van der Waals surface area contributed by atoms with Crippen LogP contribution in [0, 0.1) is 0 Å². The van der Waals surface area contributed by atoms with E-state index in [0.29, 0.717) is 5.95 Å². The maximum absolute atomic E-state index is 10.8. The molecule has 1 atom stereocenters. The summed E-state index contributed by atoms with van der Waals surface area (Å²) in [7, 11) is -0.716. The summed E-state index contributed by atoms with van der Waals surface area (Å²) >= 11 is 0. The van der Waals surface area contributed by atoms with Crippen LogP contribution in [-0.4, -0.2) is 39.3 Å². The molecule has 1 aromatic heterocycles. The molecular weight excluding hydrogens is 224 g/mol. The van der Waals surface area contributed by atoms with Crippen molar-refractivity contribution in [3.05, 3.63) is 12.3 Å². The topological polar surface area (TPSA) is 66.9 Å².